The first-order chi connectivity index (χ1) is 9.69. The van der Waals surface area contributed by atoms with E-state index in [2.05, 4.69) is 54.2 Å². The predicted octanol–water partition coefficient (Wildman–Crippen LogP) is 3.80. The highest BCUT2D eigenvalue weighted by Crippen LogP contribution is 2.18. The zero-order chi connectivity index (χ0) is 14.4. The summed E-state index contributed by atoms with van der Waals surface area (Å²) in [5, 5.41) is 8.61. The van der Waals surface area contributed by atoms with Crippen molar-refractivity contribution in [1.82, 2.24) is 9.97 Å². The van der Waals surface area contributed by atoms with E-state index in [0.29, 0.717) is 18.8 Å². The normalized spacial score (nSPS) is 10.5. The van der Waals surface area contributed by atoms with Gasteiger partial charge in [-0.3, -0.25) is 0 Å². The lowest BCUT2D eigenvalue weighted by molar-refractivity contribution is 0.647. The Morgan fingerprint density at radius 2 is 1.90 bits per heavy atom. The van der Waals surface area contributed by atoms with E-state index in [0.717, 1.165) is 23.5 Å². The summed E-state index contributed by atoms with van der Waals surface area (Å²) < 4.78 is 0. The van der Waals surface area contributed by atoms with Crippen molar-refractivity contribution in [2.24, 2.45) is 5.92 Å². The zero-order valence-corrected chi connectivity index (χ0v) is 12.0. The lowest BCUT2D eigenvalue weighted by Gasteiger charge is -2.07. The highest BCUT2D eigenvalue weighted by atomic mass is 14.9. The van der Waals surface area contributed by atoms with Crippen molar-refractivity contribution in [3.63, 3.8) is 0 Å². The minimum absolute atomic E-state index is 0.455. The first-order valence-electron chi connectivity index (χ1n) is 6.97. The van der Waals surface area contributed by atoms with Crippen LogP contribution in [-0.4, -0.2) is 9.97 Å². The summed E-state index contributed by atoms with van der Waals surface area (Å²) in [4.78, 5) is 8.71. The third-order valence-electron chi connectivity index (χ3n) is 3.06. The Balaban J connectivity index is 2.17. The van der Waals surface area contributed by atoms with E-state index in [-0.39, 0.29) is 0 Å². The second-order valence-electron chi connectivity index (χ2n) is 5.31. The zero-order valence-electron chi connectivity index (χ0n) is 12.0. The minimum atomic E-state index is 0.455. The molecule has 2 aromatic rings. The van der Waals surface area contributed by atoms with Crippen LogP contribution in [0.5, 0.6) is 0 Å². The summed E-state index contributed by atoms with van der Waals surface area (Å²) in [5.74, 6) is 1.40. The average molecular weight is 265 g/mol. The SMILES string of the molecule is CC(C)Cc1ccc(-c2ccnc(CCC#N)n2)cc1. The Hall–Kier alpha value is -2.21. The number of benzene rings is 1. The number of rotatable bonds is 5. The number of nitriles is 1. The maximum Gasteiger partial charge on any atom is 0.129 e. The van der Waals surface area contributed by atoms with E-state index in [4.69, 9.17) is 5.26 Å². The number of aryl methyl sites for hydroxylation is 1. The van der Waals surface area contributed by atoms with E-state index < -0.39 is 0 Å². The molecule has 0 saturated carbocycles. The van der Waals surface area contributed by atoms with E-state index in [9.17, 15) is 0 Å². The van der Waals surface area contributed by atoms with Gasteiger partial charge in [-0.25, -0.2) is 9.97 Å². The van der Waals surface area contributed by atoms with Gasteiger partial charge < -0.3 is 0 Å². The molecule has 0 aliphatic carbocycles. The Morgan fingerprint density at radius 1 is 1.15 bits per heavy atom. The summed E-state index contributed by atoms with van der Waals surface area (Å²) in [6, 6.07) is 12.6. The molecule has 102 valence electrons. The van der Waals surface area contributed by atoms with Crippen LogP contribution in [0.3, 0.4) is 0 Å². The molecule has 3 heteroatoms. The number of hydrogen-bond acceptors (Lipinski definition) is 3. The fourth-order valence-corrected chi connectivity index (χ4v) is 2.13. The molecule has 0 amide bonds. The standard InChI is InChI=1S/C17H19N3/c1-13(2)12-14-5-7-15(8-6-14)16-9-11-19-17(20-16)4-3-10-18/h5-9,11,13H,3-4,12H2,1-2H3. The monoisotopic (exact) mass is 265 g/mol. The smallest absolute Gasteiger partial charge is 0.129 e. The van der Waals surface area contributed by atoms with E-state index in [1.807, 2.05) is 6.07 Å². The summed E-state index contributed by atoms with van der Waals surface area (Å²) in [6.07, 6.45) is 3.92. The van der Waals surface area contributed by atoms with Gasteiger partial charge in [0, 0.05) is 24.6 Å². The van der Waals surface area contributed by atoms with Gasteiger partial charge in [0.1, 0.15) is 5.82 Å². The first-order valence-corrected chi connectivity index (χ1v) is 6.97. The molecule has 0 aliphatic heterocycles. The third-order valence-corrected chi connectivity index (χ3v) is 3.06. The molecule has 1 heterocycles. The highest BCUT2D eigenvalue weighted by molar-refractivity contribution is 5.59. The van der Waals surface area contributed by atoms with Gasteiger partial charge in [-0.15, -0.1) is 0 Å². The van der Waals surface area contributed by atoms with Crippen molar-refractivity contribution in [3.05, 3.63) is 47.9 Å². The Morgan fingerprint density at radius 3 is 2.55 bits per heavy atom. The van der Waals surface area contributed by atoms with Gasteiger partial charge in [0.15, 0.2) is 0 Å². The molecule has 0 spiro atoms. The number of hydrogen-bond donors (Lipinski definition) is 0. The molecular formula is C17H19N3. The maximum absolute atomic E-state index is 8.61. The fraction of sp³-hybridized carbons (Fsp3) is 0.353. The van der Waals surface area contributed by atoms with Crippen LogP contribution in [0.1, 0.15) is 31.7 Å². The van der Waals surface area contributed by atoms with Gasteiger partial charge in [0.2, 0.25) is 0 Å². The Bertz CT molecular complexity index is 594. The summed E-state index contributed by atoms with van der Waals surface area (Å²) >= 11 is 0. The molecule has 0 unspecified atom stereocenters. The summed E-state index contributed by atoms with van der Waals surface area (Å²) in [7, 11) is 0. The molecule has 0 saturated heterocycles. The van der Waals surface area contributed by atoms with Gasteiger partial charge in [-0.2, -0.15) is 5.26 Å². The van der Waals surface area contributed by atoms with Crippen LogP contribution in [0.2, 0.25) is 0 Å². The van der Waals surface area contributed by atoms with Gasteiger partial charge in [-0.05, 0) is 24.0 Å². The molecule has 2 rings (SSSR count). The molecular weight excluding hydrogens is 246 g/mol. The second kappa shape index (κ2) is 6.81. The van der Waals surface area contributed by atoms with Gasteiger partial charge >= 0.3 is 0 Å². The largest absolute Gasteiger partial charge is 0.241 e. The van der Waals surface area contributed by atoms with Crippen molar-refractivity contribution in [3.8, 4) is 17.3 Å². The average Bonchev–Trinajstić information content (AvgIpc) is 2.45. The van der Waals surface area contributed by atoms with Crippen molar-refractivity contribution in [2.75, 3.05) is 0 Å². The first kappa shape index (κ1) is 14.2. The van der Waals surface area contributed by atoms with Gasteiger partial charge in [0.05, 0.1) is 11.8 Å². The lowest BCUT2D eigenvalue weighted by atomic mass is 10.0. The van der Waals surface area contributed by atoms with Crippen LogP contribution in [-0.2, 0) is 12.8 Å². The summed E-state index contributed by atoms with van der Waals surface area (Å²) in [6.45, 7) is 4.44. The molecule has 1 aromatic heterocycles. The van der Waals surface area contributed by atoms with Crippen LogP contribution in [0.15, 0.2) is 36.5 Å². The van der Waals surface area contributed by atoms with Crippen LogP contribution >= 0.6 is 0 Å². The highest BCUT2D eigenvalue weighted by Gasteiger charge is 2.03. The topological polar surface area (TPSA) is 49.6 Å². The van der Waals surface area contributed by atoms with E-state index in [1.54, 1.807) is 6.20 Å². The van der Waals surface area contributed by atoms with Gasteiger partial charge in [0.25, 0.3) is 0 Å². The van der Waals surface area contributed by atoms with E-state index >= 15 is 0 Å². The van der Waals surface area contributed by atoms with Gasteiger partial charge in [-0.1, -0.05) is 38.1 Å². The molecule has 0 atom stereocenters. The number of aromatic nitrogens is 2. The Labute approximate surface area is 120 Å². The Kier molecular flexibility index (Phi) is 4.84. The minimum Gasteiger partial charge on any atom is -0.241 e. The maximum atomic E-state index is 8.61. The van der Waals surface area contributed by atoms with E-state index in [1.165, 1.54) is 5.56 Å². The molecule has 3 nitrogen and oxygen atoms in total. The van der Waals surface area contributed by atoms with Crippen LogP contribution in [0.25, 0.3) is 11.3 Å². The number of nitrogens with zero attached hydrogens (tertiary/aromatic N) is 3. The molecule has 0 radical (unpaired) electrons. The molecule has 0 N–H and O–H groups in total. The van der Waals surface area contributed by atoms with Crippen molar-refractivity contribution in [1.29, 1.82) is 5.26 Å². The molecule has 0 aliphatic rings. The van der Waals surface area contributed by atoms with Crippen molar-refractivity contribution in [2.45, 2.75) is 33.1 Å². The fourth-order valence-electron chi connectivity index (χ4n) is 2.13. The van der Waals surface area contributed by atoms with Crippen LogP contribution < -0.4 is 0 Å². The molecule has 1 aromatic carbocycles. The molecule has 0 bridgehead atoms. The van der Waals surface area contributed by atoms with Crippen molar-refractivity contribution < 1.29 is 0 Å². The quantitative estimate of drug-likeness (QED) is 0.826. The summed E-state index contributed by atoms with van der Waals surface area (Å²) in [5.41, 5.74) is 3.37. The molecule has 0 fully saturated rings. The van der Waals surface area contributed by atoms with Crippen molar-refractivity contribution >= 4 is 0 Å². The predicted molar refractivity (Wildman–Crippen MR) is 79.9 cm³/mol. The van der Waals surface area contributed by atoms with Crippen LogP contribution in [0.4, 0.5) is 0 Å². The van der Waals surface area contributed by atoms with Crippen LogP contribution in [0, 0.1) is 17.2 Å². The second-order valence-corrected chi connectivity index (χ2v) is 5.31. The molecule has 20 heavy (non-hydrogen) atoms. The third kappa shape index (κ3) is 3.89. The lowest BCUT2D eigenvalue weighted by Crippen LogP contribution is -1.97.